The molecule has 0 radical (unpaired) electrons. The van der Waals surface area contributed by atoms with Gasteiger partial charge in [0.1, 0.15) is 0 Å². The third-order valence-electron chi connectivity index (χ3n) is 5.42. The average molecular weight is 369 g/mol. The molecule has 2 N–H and O–H groups in total. The van der Waals surface area contributed by atoms with Crippen LogP contribution in [0, 0.1) is 11.3 Å². The number of carbonyl (C=O) groups excluding carboxylic acids is 2. The van der Waals surface area contributed by atoms with E-state index in [4.69, 9.17) is 4.74 Å². The highest BCUT2D eigenvalue weighted by atomic mass is 16.5. The molecule has 0 saturated carbocycles. The number of benzene rings is 1. The molecule has 2 amide bonds. The van der Waals surface area contributed by atoms with Gasteiger partial charge in [0.2, 0.25) is 11.8 Å². The molecule has 2 atom stereocenters. The van der Waals surface area contributed by atoms with E-state index in [0.717, 1.165) is 24.3 Å². The quantitative estimate of drug-likeness (QED) is 0.774. The van der Waals surface area contributed by atoms with Crippen molar-refractivity contribution in [3.05, 3.63) is 29.3 Å². The van der Waals surface area contributed by atoms with E-state index >= 15 is 0 Å². The highest BCUT2D eigenvalue weighted by Crippen LogP contribution is 2.31. The largest absolute Gasteiger partial charge is 0.379 e. The Morgan fingerprint density at radius 1 is 1.30 bits per heavy atom. The summed E-state index contributed by atoms with van der Waals surface area (Å²) in [6, 6.07) is 7.66. The van der Waals surface area contributed by atoms with E-state index in [1.165, 1.54) is 0 Å². The third kappa shape index (κ3) is 3.67. The van der Waals surface area contributed by atoms with Gasteiger partial charge in [-0.3, -0.25) is 19.8 Å². The fourth-order valence-electron chi connectivity index (χ4n) is 4.08. The second-order valence-corrected chi connectivity index (χ2v) is 7.07. The molecular weight excluding hydrogens is 346 g/mol. The van der Waals surface area contributed by atoms with Crippen LogP contribution in [0.5, 0.6) is 0 Å². The van der Waals surface area contributed by atoms with Gasteiger partial charge in [-0.05, 0) is 24.1 Å². The first-order chi connectivity index (χ1) is 13.2. The maximum atomic E-state index is 12.9. The predicted octanol–water partition coefficient (Wildman–Crippen LogP) is -0.0686. The normalized spacial score (nSPS) is 25.6. The Kier molecular flexibility index (Phi) is 5.07. The fourth-order valence-corrected chi connectivity index (χ4v) is 4.08. The van der Waals surface area contributed by atoms with E-state index in [2.05, 4.69) is 21.6 Å². The molecule has 8 nitrogen and oxygen atoms in total. The van der Waals surface area contributed by atoms with Gasteiger partial charge in [0.15, 0.2) is 0 Å². The molecule has 4 rings (SSSR count). The van der Waals surface area contributed by atoms with E-state index in [-0.39, 0.29) is 24.4 Å². The lowest BCUT2D eigenvalue weighted by atomic mass is 10.1. The zero-order valence-corrected chi connectivity index (χ0v) is 15.1. The second kappa shape index (κ2) is 7.64. The summed E-state index contributed by atoms with van der Waals surface area (Å²) >= 11 is 0. The molecule has 0 spiro atoms. The van der Waals surface area contributed by atoms with Gasteiger partial charge in [-0.1, -0.05) is 6.07 Å². The number of fused-ring (bicyclic) bond motifs is 1. The van der Waals surface area contributed by atoms with Crippen LogP contribution in [0.3, 0.4) is 0 Å². The molecule has 2 unspecified atom stereocenters. The van der Waals surface area contributed by atoms with Gasteiger partial charge in [-0.2, -0.15) is 5.26 Å². The summed E-state index contributed by atoms with van der Waals surface area (Å²) in [5.41, 5.74) is 2.37. The molecule has 2 saturated heterocycles. The van der Waals surface area contributed by atoms with Gasteiger partial charge in [-0.25, -0.2) is 0 Å². The van der Waals surface area contributed by atoms with Crippen molar-refractivity contribution in [2.45, 2.75) is 31.6 Å². The number of nitriles is 1. The third-order valence-corrected chi connectivity index (χ3v) is 5.42. The molecular formula is C19H23N5O3. The molecule has 3 aliphatic heterocycles. The molecule has 142 valence electrons. The number of rotatable bonds is 3. The van der Waals surface area contributed by atoms with Gasteiger partial charge in [0, 0.05) is 25.3 Å². The Hall–Kier alpha value is -2.47. The molecule has 0 aromatic heterocycles. The predicted molar refractivity (Wildman–Crippen MR) is 97.7 cm³/mol. The van der Waals surface area contributed by atoms with Gasteiger partial charge in [0.25, 0.3) is 0 Å². The molecule has 27 heavy (non-hydrogen) atoms. The van der Waals surface area contributed by atoms with Crippen molar-refractivity contribution in [3.63, 3.8) is 0 Å². The Balaban J connectivity index is 1.43. The standard InChI is InChI=1S/C19H23N5O3/c20-12-13-2-1-3-15-14(13)4-5-24(15)19(26)10-16-21-17(11-18(25)22-16)23-6-8-27-9-7-23/h1-3,16-17,21H,4-11H2,(H,22,25). The maximum Gasteiger partial charge on any atom is 0.230 e. The number of amides is 2. The molecule has 0 aliphatic carbocycles. The highest BCUT2D eigenvalue weighted by molar-refractivity contribution is 5.96. The Morgan fingerprint density at radius 3 is 2.89 bits per heavy atom. The summed E-state index contributed by atoms with van der Waals surface area (Å²) in [5.74, 6) is -0.0964. The molecule has 3 aliphatic rings. The van der Waals surface area contributed by atoms with E-state index in [9.17, 15) is 14.9 Å². The smallest absolute Gasteiger partial charge is 0.230 e. The minimum absolute atomic E-state index is 0.0448. The van der Waals surface area contributed by atoms with Gasteiger partial charge < -0.3 is 15.0 Å². The van der Waals surface area contributed by atoms with Crippen LogP contribution in [-0.2, 0) is 20.7 Å². The fraction of sp³-hybridized carbons (Fsp3) is 0.526. The summed E-state index contributed by atoms with van der Waals surface area (Å²) in [5, 5.41) is 15.5. The summed E-state index contributed by atoms with van der Waals surface area (Å²) in [4.78, 5) is 28.9. The number of hydrogen-bond acceptors (Lipinski definition) is 6. The number of morpholine rings is 1. The van der Waals surface area contributed by atoms with Crippen LogP contribution >= 0.6 is 0 Å². The Bertz CT molecular complexity index is 784. The Labute approximate surface area is 158 Å². The maximum absolute atomic E-state index is 12.9. The van der Waals surface area contributed by atoms with Crippen molar-refractivity contribution >= 4 is 17.5 Å². The van der Waals surface area contributed by atoms with Crippen LogP contribution in [0.2, 0.25) is 0 Å². The second-order valence-electron chi connectivity index (χ2n) is 7.07. The highest BCUT2D eigenvalue weighted by Gasteiger charge is 2.34. The van der Waals surface area contributed by atoms with Crippen molar-refractivity contribution in [3.8, 4) is 6.07 Å². The van der Waals surface area contributed by atoms with Crippen LogP contribution in [0.15, 0.2) is 18.2 Å². The monoisotopic (exact) mass is 369 g/mol. The average Bonchev–Trinajstić information content (AvgIpc) is 3.12. The van der Waals surface area contributed by atoms with E-state index in [0.29, 0.717) is 38.2 Å². The summed E-state index contributed by atoms with van der Waals surface area (Å²) < 4.78 is 5.37. The lowest BCUT2D eigenvalue weighted by molar-refractivity contribution is -0.128. The minimum atomic E-state index is -0.394. The van der Waals surface area contributed by atoms with Crippen molar-refractivity contribution in [1.29, 1.82) is 5.26 Å². The van der Waals surface area contributed by atoms with Crippen LogP contribution < -0.4 is 15.5 Å². The number of nitrogens with zero attached hydrogens (tertiary/aromatic N) is 3. The number of carbonyl (C=O) groups is 2. The first-order valence-electron chi connectivity index (χ1n) is 9.35. The van der Waals surface area contributed by atoms with Crippen LogP contribution in [-0.4, -0.2) is 61.9 Å². The molecule has 1 aromatic carbocycles. The van der Waals surface area contributed by atoms with E-state index in [1.807, 2.05) is 6.07 Å². The van der Waals surface area contributed by atoms with Gasteiger partial charge in [0.05, 0.1) is 50.0 Å². The first-order valence-corrected chi connectivity index (χ1v) is 9.35. The topological polar surface area (TPSA) is 97.7 Å². The lowest BCUT2D eigenvalue weighted by Crippen LogP contribution is -2.63. The molecule has 1 aromatic rings. The van der Waals surface area contributed by atoms with E-state index in [1.54, 1.807) is 17.0 Å². The molecule has 8 heteroatoms. The molecule has 3 heterocycles. The number of hydrogen-bond donors (Lipinski definition) is 2. The lowest BCUT2D eigenvalue weighted by Gasteiger charge is -2.40. The first kappa shape index (κ1) is 17.9. The summed E-state index contributed by atoms with van der Waals surface area (Å²) in [6.45, 7) is 3.45. The van der Waals surface area contributed by atoms with Crippen molar-refractivity contribution in [1.82, 2.24) is 15.5 Å². The summed E-state index contributed by atoms with van der Waals surface area (Å²) in [7, 11) is 0. The molecule has 0 bridgehead atoms. The van der Waals surface area contributed by atoms with Gasteiger partial charge in [-0.15, -0.1) is 0 Å². The zero-order chi connectivity index (χ0) is 18.8. The van der Waals surface area contributed by atoms with Crippen LogP contribution in [0.4, 0.5) is 5.69 Å². The SMILES string of the molecule is N#Cc1cccc2c1CCN2C(=O)CC1NC(=O)CC(N2CCOCC2)N1. The number of ether oxygens (including phenoxy) is 1. The van der Waals surface area contributed by atoms with Gasteiger partial charge >= 0.3 is 0 Å². The van der Waals surface area contributed by atoms with Crippen LogP contribution in [0.1, 0.15) is 24.0 Å². The Morgan fingerprint density at radius 2 is 2.11 bits per heavy atom. The zero-order valence-electron chi connectivity index (χ0n) is 15.1. The summed E-state index contributed by atoms with van der Waals surface area (Å²) in [6.07, 6.45) is 0.781. The van der Waals surface area contributed by atoms with Crippen LogP contribution in [0.25, 0.3) is 0 Å². The number of anilines is 1. The van der Waals surface area contributed by atoms with E-state index < -0.39 is 6.17 Å². The van der Waals surface area contributed by atoms with Crippen molar-refractivity contribution in [2.24, 2.45) is 0 Å². The van der Waals surface area contributed by atoms with Crippen molar-refractivity contribution < 1.29 is 14.3 Å². The number of nitrogens with one attached hydrogen (secondary N) is 2. The molecule has 2 fully saturated rings. The van der Waals surface area contributed by atoms with Crippen molar-refractivity contribution in [2.75, 3.05) is 37.7 Å². The minimum Gasteiger partial charge on any atom is -0.379 e.